The number of fused-ring (bicyclic) bond motifs is 1. The third-order valence-corrected chi connectivity index (χ3v) is 6.34. The van der Waals surface area contributed by atoms with Crippen molar-refractivity contribution >= 4 is 10.9 Å². The van der Waals surface area contributed by atoms with Gasteiger partial charge in [-0.3, -0.25) is 4.68 Å². The number of alkyl halides is 9. The zero-order valence-electron chi connectivity index (χ0n) is 19.8. The summed E-state index contributed by atoms with van der Waals surface area (Å²) >= 11 is 0. The SMILES string of the molecule is CCn1nc(-c2ccc(C(F)(F)F)cc2)cc1Cn1c(C)cc2cc(C(O)(C(F)(F)F)C(F)(F)F)ccc21. The van der Waals surface area contributed by atoms with Crippen LogP contribution in [0, 0.1) is 6.92 Å². The van der Waals surface area contributed by atoms with E-state index in [2.05, 4.69) is 5.10 Å². The predicted molar refractivity (Wildman–Crippen MR) is 120 cm³/mol. The largest absolute Gasteiger partial charge is 0.430 e. The van der Waals surface area contributed by atoms with E-state index in [0.717, 1.165) is 18.2 Å². The standard InChI is InChI=1S/C25H20F9N3O/c1-3-37-19(12-20(35-37)15-4-6-17(7-5-15)23(26,27)28)13-36-14(2)10-16-11-18(8-9-21(16)36)22(38,24(29,30)31)25(32,33)34/h4-12,38H,3,13H2,1-2H3. The van der Waals surface area contributed by atoms with Gasteiger partial charge in [0.15, 0.2) is 0 Å². The maximum absolute atomic E-state index is 13.3. The monoisotopic (exact) mass is 549 g/mol. The van der Waals surface area contributed by atoms with Gasteiger partial charge in [0.25, 0.3) is 5.60 Å². The second kappa shape index (κ2) is 9.07. The highest BCUT2D eigenvalue weighted by Gasteiger charge is 2.71. The topological polar surface area (TPSA) is 43.0 Å². The van der Waals surface area contributed by atoms with Crippen LogP contribution in [0.2, 0.25) is 0 Å². The molecule has 0 aliphatic rings. The summed E-state index contributed by atoms with van der Waals surface area (Å²) in [5, 5.41) is 14.2. The van der Waals surface area contributed by atoms with E-state index in [0.29, 0.717) is 46.8 Å². The predicted octanol–water partition coefficient (Wildman–Crippen LogP) is 7.21. The van der Waals surface area contributed by atoms with Crippen LogP contribution in [0.25, 0.3) is 22.2 Å². The molecule has 0 radical (unpaired) electrons. The summed E-state index contributed by atoms with van der Waals surface area (Å²) < 4.78 is 122. The van der Waals surface area contributed by atoms with E-state index in [1.165, 1.54) is 18.2 Å². The first-order valence-electron chi connectivity index (χ1n) is 11.2. The number of hydrogen-bond acceptors (Lipinski definition) is 2. The van der Waals surface area contributed by atoms with Gasteiger partial charge in [-0.2, -0.15) is 44.6 Å². The molecule has 0 bridgehead atoms. The molecule has 0 aliphatic carbocycles. The van der Waals surface area contributed by atoms with E-state index in [1.54, 1.807) is 29.2 Å². The Morgan fingerprint density at radius 2 is 1.37 bits per heavy atom. The number of nitrogens with zero attached hydrogens (tertiary/aromatic N) is 3. The van der Waals surface area contributed by atoms with Crippen LogP contribution in [0.1, 0.15) is 29.4 Å². The molecule has 2 aromatic heterocycles. The van der Waals surface area contributed by atoms with Gasteiger partial charge in [-0.15, -0.1) is 0 Å². The summed E-state index contributed by atoms with van der Waals surface area (Å²) in [7, 11) is 0. The van der Waals surface area contributed by atoms with Gasteiger partial charge < -0.3 is 9.67 Å². The molecule has 1 N–H and O–H groups in total. The van der Waals surface area contributed by atoms with E-state index in [-0.39, 0.29) is 11.9 Å². The van der Waals surface area contributed by atoms with Gasteiger partial charge in [-0.25, -0.2) is 0 Å². The van der Waals surface area contributed by atoms with Crippen molar-refractivity contribution in [3.63, 3.8) is 0 Å². The fraction of sp³-hybridized carbons (Fsp3) is 0.320. The van der Waals surface area contributed by atoms with Crippen molar-refractivity contribution in [2.75, 3.05) is 0 Å². The smallest absolute Gasteiger partial charge is 0.369 e. The molecule has 38 heavy (non-hydrogen) atoms. The lowest BCUT2D eigenvalue weighted by Gasteiger charge is -2.32. The lowest BCUT2D eigenvalue weighted by atomic mass is 9.91. The maximum atomic E-state index is 13.3. The van der Waals surface area contributed by atoms with Gasteiger partial charge in [-0.05, 0) is 50.2 Å². The van der Waals surface area contributed by atoms with Gasteiger partial charge in [0.2, 0.25) is 0 Å². The third-order valence-electron chi connectivity index (χ3n) is 6.34. The van der Waals surface area contributed by atoms with E-state index < -0.39 is 35.3 Å². The lowest BCUT2D eigenvalue weighted by molar-refractivity contribution is -0.376. The Labute approximate surface area is 209 Å². The van der Waals surface area contributed by atoms with E-state index >= 15 is 0 Å². The molecule has 0 aliphatic heterocycles. The molecule has 2 heterocycles. The van der Waals surface area contributed by atoms with Crippen molar-refractivity contribution in [1.29, 1.82) is 0 Å². The quantitative estimate of drug-likeness (QED) is 0.268. The number of rotatable bonds is 5. The molecule has 4 aromatic rings. The average Bonchev–Trinajstić information content (AvgIpc) is 3.36. The van der Waals surface area contributed by atoms with E-state index in [9.17, 15) is 44.6 Å². The zero-order valence-corrected chi connectivity index (χ0v) is 19.8. The Bertz CT molecular complexity index is 1440. The second-order valence-corrected chi connectivity index (χ2v) is 8.76. The van der Waals surface area contributed by atoms with Crippen LogP contribution >= 0.6 is 0 Å². The molecule has 4 rings (SSSR count). The summed E-state index contributed by atoms with van der Waals surface area (Å²) in [6.45, 7) is 3.92. The Morgan fingerprint density at radius 1 is 0.789 bits per heavy atom. The molecule has 0 unspecified atom stereocenters. The van der Waals surface area contributed by atoms with Crippen LogP contribution in [0.4, 0.5) is 39.5 Å². The number of aromatic nitrogens is 3. The molecule has 0 amide bonds. The number of aryl methyl sites for hydroxylation is 2. The van der Waals surface area contributed by atoms with Gasteiger partial charge in [0, 0.05) is 34.3 Å². The van der Waals surface area contributed by atoms with Crippen molar-refractivity contribution in [2.24, 2.45) is 0 Å². The number of hydrogen-bond donors (Lipinski definition) is 1. The van der Waals surface area contributed by atoms with E-state index in [4.69, 9.17) is 0 Å². The minimum absolute atomic E-state index is 0.0532. The van der Waals surface area contributed by atoms with Crippen molar-refractivity contribution in [2.45, 2.75) is 51.1 Å². The van der Waals surface area contributed by atoms with E-state index in [1.807, 2.05) is 0 Å². The van der Waals surface area contributed by atoms with Gasteiger partial charge in [0.05, 0.1) is 23.5 Å². The highest BCUT2D eigenvalue weighted by Crippen LogP contribution is 2.50. The maximum Gasteiger partial charge on any atom is 0.430 e. The summed E-state index contributed by atoms with van der Waals surface area (Å²) in [4.78, 5) is 0. The second-order valence-electron chi connectivity index (χ2n) is 8.76. The fourth-order valence-corrected chi connectivity index (χ4v) is 4.32. The van der Waals surface area contributed by atoms with Gasteiger partial charge in [-0.1, -0.05) is 18.2 Å². The van der Waals surface area contributed by atoms with Crippen molar-refractivity contribution in [1.82, 2.24) is 14.3 Å². The molecular weight excluding hydrogens is 529 g/mol. The summed E-state index contributed by atoms with van der Waals surface area (Å²) in [6, 6.07) is 9.81. The van der Waals surface area contributed by atoms with Crippen molar-refractivity contribution in [3.8, 4) is 11.3 Å². The zero-order chi connectivity index (χ0) is 28.3. The van der Waals surface area contributed by atoms with Gasteiger partial charge in [0.1, 0.15) is 0 Å². The summed E-state index contributed by atoms with van der Waals surface area (Å²) in [6.07, 6.45) is -16.5. The molecular formula is C25H20F9N3O. The lowest BCUT2D eigenvalue weighted by Crippen LogP contribution is -2.53. The Balaban J connectivity index is 1.72. The average molecular weight is 549 g/mol. The van der Waals surface area contributed by atoms with Crippen molar-refractivity contribution in [3.05, 3.63) is 77.1 Å². The van der Waals surface area contributed by atoms with Crippen LogP contribution in [-0.4, -0.2) is 31.8 Å². The van der Waals surface area contributed by atoms with Crippen molar-refractivity contribution < 1.29 is 44.6 Å². The molecule has 2 aromatic carbocycles. The van der Waals surface area contributed by atoms with Crippen LogP contribution in [0.15, 0.2) is 54.6 Å². The van der Waals surface area contributed by atoms with Crippen LogP contribution in [0.5, 0.6) is 0 Å². The van der Waals surface area contributed by atoms with Crippen LogP contribution in [-0.2, 0) is 24.9 Å². The minimum atomic E-state index is -6.00. The summed E-state index contributed by atoms with van der Waals surface area (Å²) in [5.41, 5.74) is -4.94. The Hall–Kier alpha value is -3.48. The number of benzene rings is 2. The van der Waals surface area contributed by atoms with Gasteiger partial charge >= 0.3 is 18.5 Å². The number of aliphatic hydroxyl groups is 1. The highest BCUT2D eigenvalue weighted by atomic mass is 19.4. The molecule has 0 spiro atoms. The first-order chi connectivity index (χ1) is 17.5. The van der Waals surface area contributed by atoms with Crippen LogP contribution < -0.4 is 0 Å². The first-order valence-corrected chi connectivity index (χ1v) is 11.2. The molecule has 4 nitrogen and oxygen atoms in total. The Kier molecular flexibility index (Phi) is 6.58. The minimum Gasteiger partial charge on any atom is -0.369 e. The number of halogens is 9. The molecule has 0 saturated heterocycles. The molecule has 0 fully saturated rings. The normalized spacial score (nSPS) is 13.5. The molecule has 13 heteroatoms. The fourth-order valence-electron chi connectivity index (χ4n) is 4.32. The first kappa shape index (κ1) is 27.6. The van der Waals surface area contributed by atoms with Crippen LogP contribution in [0.3, 0.4) is 0 Å². The molecule has 204 valence electrons. The molecule has 0 atom stereocenters. The Morgan fingerprint density at radius 3 is 1.89 bits per heavy atom. The molecule has 0 saturated carbocycles. The summed E-state index contributed by atoms with van der Waals surface area (Å²) in [5.74, 6) is 0. The third kappa shape index (κ3) is 4.63. The highest BCUT2D eigenvalue weighted by molar-refractivity contribution is 5.82.